The summed E-state index contributed by atoms with van der Waals surface area (Å²) in [5.41, 5.74) is 5.71. The predicted molar refractivity (Wildman–Crippen MR) is 57.2 cm³/mol. The minimum Gasteiger partial charge on any atom is -0.378 e. The van der Waals surface area contributed by atoms with Crippen LogP contribution in [0, 0.1) is 5.41 Å². The van der Waals surface area contributed by atoms with Crippen LogP contribution in [0.3, 0.4) is 0 Å². The van der Waals surface area contributed by atoms with Gasteiger partial charge in [-0.2, -0.15) is 0 Å². The first-order chi connectivity index (χ1) is 6.64. The second-order valence-electron chi connectivity index (χ2n) is 4.87. The Hall–Kier alpha value is -0.120. The third kappa shape index (κ3) is 4.40. The van der Waals surface area contributed by atoms with Gasteiger partial charge >= 0.3 is 0 Å². The topological polar surface area (TPSA) is 44.5 Å². The van der Waals surface area contributed by atoms with Gasteiger partial charge in [-0.1, -0.05) is 13.8 Å². The average Bonchev–Trinajstić information content (AvgIpc) is 2.19. The van der Waals surface area contributed by atoms with Crippen LogP contribution in [0.4, 0.5) is 0 Å². The standard InChI is InChI=1S/C11H23NO2/c1-11(2,8-12)9-13-7-10-5-3-4-6-14-10/h10H,3-9,12H2,1-2H3. The Morgan fingerprint density at radius 1 is 1.43 bits per heavy atom. The van der Waals surface area contributed by atoms with Crippen LogP contribution in [-0.2, 0) is 9.47 Å². The molecule has 0 radical (unpaired) electrons. The second kappa shape index (κ2) is 5.69. The van der Waals surface area contributed by atoms with Gasteiger partial charge in [-0.25, -0.2) is 0 Å². The molecule has 0 aromatic heterocycles. The molecule has 0 aromatic carbocycles. The van der Waals surface area contributed by atoms with Crippen molar-refractivity contribution in [2.75, 3.05) is 26.4 Å². The highest BCUT2D eigenvalue weighted by Crippen LogP contribution is 2.16. The van der Waals surface area contributed by atoms with Crippen LogP contribution in [0.1, 0.15) is 33.1 Å². The van der Waals surface area contributed by atoms with Gasteiger partial charge in [0.1, 0.15) is 0 Å². The van der Waals surface area contributed by atoms with Crippen molar-refractivity contribution in [1.82, 2.24) is 0 Å². The van der Waals surface area contributed by atoms with E-state index in [4.69, 9.17) is 15.2 Å². The number of hydrogen-bond acceptors (Lipinski definition) is 3. The van der Waals surface area contributed by atoms with E-state index in [2.05, 4.69) is 13.8 Å². The minimum absolute atomic E-state index is 0.0919. The molecule has 1 rings (SSSR count). The monoisotopic (exact) mass is 201 g/mol. The summed E-state index contributed by atoms with van der Waals surface area (Å²) >= 11 is 0. The zero-order valence-electron chi connectivity index (χ0n) is 9.42. The average molecular weight is 201 g/mol. The number of hydrogen-bond donors (Lipinski definition) is 1. The van der Waals surface area contributed by atoms with Gasteiger partial charge in [0.2, 0.25) is 0 Å². The van der Waals surface area contributed by atoms with Crippen molar-refractivity contribution >= 4 is 0 Å². The quantitative estimate of drug-likeness (QED) is 0.734. The summed E-state index contributed by atoms with van der Waals surface area (Å²) in [7, 11) is 0. The summed E-state index contributed by atoms with van der Waals surface area (Å²) in [5, 5.41) is 0. The molecule has 2 N–H and O–H groups in total. The van der Waals surface area contributed by atoms with Crippen LogP contribution < -0.4 is 5.73 Å². The normalized spacial score (nSPS) is 23.8. The molecule has 0 amide bonds. The van der Waals surface area contributed by atoms with Crippen LogP contribution in [0.15, 0.2) is 0 Å². The van der Waals surface area contributed by atoms with E-state index >= 15 is 0 Å². The third-order valence-electron chi connectivity index (χ3n) is 2.62. The number of rotatable bonds is 5. The summed E-state index contributed by atoms with van der Waals surface area (Å²) in [6.07, 6.45) is 3.93. The summed E-state index contributed by atoms with van der Waals surface area (Å²) in [4.78, 5) is 0. The molecule has 1 atom stereocenters. The maximum Gasteiger partial charge on any atom is 0.0808 e. The van der Waals surface area contributed by atoms with E-state index < -0.39 is 0 Å². The molecule has 1 aliphatic rings. The molecule has 0 bridgehead atoms. The van der Waals surface area contributed by atoms with Gasteiger partial charge in [0, 0.05) is 12.0 Å². The summed E-state index contributed by atoms with van der Waals surface area (Å²) in [6, 6.07) is 0. The SMILES string of the molecule is CC(C)(CN)COCC1CCCCO1. The van der Waals surface area contributed by atoms with Crippen molar-refractivity contribution in [3.8, 4) is 0 Å². The molecule has 14 heavy (non-hydrogen) atoms. The zero-order valence-corrected chi connectivity index (χ0v) is 9.42. The summed E-state index contributed by atoms with van der Waals surface area (Å²) in [5.74, 6) is 0. The summed E-state index contributed by atoms with van der Waals surface area (Å²) < 4.78 is 11.2. The smallest absolute Gasteiger partial charge is 0.0808 e. The predicted octanol–water partition coefficient (Wildman–Crippen LogP) is 1.56. The highest BCUT2D eigenvalue weighted by Gasteiger charge is 2.18. The fourth-order valence-corrected chi connectivity index (χ4v) is 1.46. The third-order valence-corrected chi connectivity index (χ3v) is 2.62. The first-order valence-corrected chi connectivity index (χ1v) is 5.53. The maximum absolute atomic E-state index is 5.62. The molecular formula is C11H23NO2. The number of nitrogens with two attached hydrogens (primary N) is 1. The molecular weight excluding hydrogens is 178 g/mol. The van der Waals surface area contributed by atoms with Gasteiger partial charge < -0.3 is 15.2 Å². The number of ether oxygens (including phenoxy) is 2. The Labute approximate surface area is 86.9 Å². The Morgan fingerprint density at radius 2 is 2.21 bits per heavy atom. The van der Waals surface area contributed by atoms with E-state index in [1.807, 2.05) is 0 Å². The molecule has 3 heteroatoms. The Kier molecular flexibility index (Phi) is 4.85. The van der Waals surface area contributed by atoms with Gasteiger partial charge in [-0.05, 0) is 25.8 Å². The lowest BCUT2D eigenvalue weighted by Gasteiger charge is -2.26. The molecule has 0 aliphatic carbocycles. The molecule has 3 nitrogen and oxygen atoms in total. The molecule has 1 unspecified atom stereocenters. The van der Waals surface area contributed by atoms with Crippen molar-refractivity contribution in [2.45, 2.75) is 39.2 Å². The van der Waals surface area contributed by atoms with E-state index in [1.165, 1.54) is 12.8 Å². The van der Waals surface area contributed by atoms with Gasteiger partial charge in [-0.15, -0.1) is 0 Å². The highest BCUT2D eigenvalue weighted by molar-refractivity contribution is 4.69. The Balaban J connectivity index is 2.08. The van der Waals surface area contributed by atoms with Crippen molar-refractivity contribution in [3.63, 3.8) is 0 Å². The van der Waals surface area contributed by atoms with E-state index in [0.29, 0.717) is 12.6 Å². The van der Waals surface area contributed by atoms with Crippen LogP contribution in [-0.4, -0.2) is 32.5 Å². The van der Waals surface area contributed by atoms with Gasteiger partial charge in [-0.3, -0.25) is 0 Å². The maximum atomic E-state index is 5.62. The first kappa shape index (κ1) is 12.0. The molecule has 84 valence electrons. The molecule has 1 heterocycles. The molecule has 1 aliphatic heterocycles. The van der Waals surface area contributed by atoms with E-state index in [9.17, 15) is 0 Å². The van der Waals surface area contributed by atoms with Gasteiger partial charge in [0.25, 0.3) is 0 Å². The minimum atomic E-state index is 0.0919. The van der Waals surface area contributed by atoms with Crippen molar-refractivity contribution in [1.29, 1.82) is 0 Å². The molecule has 1 saturated heterocycles. The molecule has 1 fully saturated rings. The Bertz CT molecular complexity index is 153. The highest BCUT2D eigenvalue weighted by atomic mass is 16.5. The molecule has 0 aromatic rings. The summed E-state index contributed by atoms with van der Waals surface area (Å²) in [6.45, 7) is 7.25. The van der Waals surface area contributed by atoms with Crippen molar-refractivity contribution < 1.29 is 9.47 Å². The Morgan fingerprint density at radius 3 is 2.79 bits per heavy atom. The lowest BCUT2D eigenvalue weighted by Crippen LogP contribution is -2.32. The fourth-order valence-electron chi connectivity index (χ4n) is 1.46. The van der Waals surface area contributed by atoms with Crippen LogP contribution >= 0.6 is 0 Å². The van der Waals surface area contributed by atoms with Crippen molar-refractivity contribution in [2.24, 2.45) is 11.1 Å². The van der Waals surface area contributed by atoms with E-state index in [1.54, 1.807) is 0 Å². The van der Waals surface area contributed by atoms with Crippen LogP contribution in [0.2, 0.25) is 0 Å². The fraction of sp³-hybridized carbons (Fsp3) is 1.00. The largest absolute Gasteiger partial charge is 0.378 e. The zero-order chi connectivity index (χ0) is 10.4. The van der Waals surface area contributed by atoms with Crippen LogP contribution in [0.5, 0.6) is 0 Å². The first-order valence-electron chi connectivity index (χ1n) is 5.53. The van der Waals surface area contributed by atoms with E-state index in [0.717, 1.165) is 26.2 Å². The molecule has 0 saturated carbocycles. The second-order valence-corrected chi connectivity index (χ2v) is 4.87. The van der Waals surface area contributed by atoms with E-state index in [-0.39, 0.29) is 5.41 Å². The van der Waals surface area contributed by atoms with Crippen molar-refractivity contribution in [3.05, 3.63) is 0 Å². The van der Waals surface area contributed by atoms with Gasteiger partial charge in [0.15, 0.2) is 0 Å². The van der Waals surface area contributed by atoms with Gasteiger partial charge in [0.05, 0.1) is 19.3 Å². The lowest BCUT2D eigenvalue weighted by molar-refractivity contribution is -0.0538. The lowest BCUT2D eigenvalue weighted by atomic mass is 9.95. The van der Waals surface area contributed by atoms with Crippen LogP contribution in [0.25, 0.3) is 0 Å². The molecule has 0 spiro atoms.